The van der Waals surface area contributed by atoms with Gasteiger partial charge in [-0.2, -0.15) is 0 Å². The third-order valence-corrected chi connectivity index (χ3v) is 6.57. The van der Waals surface area contributed by atoms with Crippen LogP contribution in [0.15, 0.2) is 54.2 Å². The van der Waals surface area contributed by atoms with E-state index < -0.39 is 12.0 Å². The molecule has 0 aliphatic carbocycles. The average Bonchev–Trinajstić information content (AvgIpc) is 3.16. The van der Waals surface area contributed by atoms with Gasteiger partial charge in [-0.25, -0.2) is 19.2 Å². The lowest BCUT2D eigenvalue weighted by molar-refractivity contribution is -0.140. The van der Waals surface area contributed by atoms with E-state index in [1.165, 1.54) is 11.3 Å². The lowest BCUT2D eigenvalue weighted by atomic mass is 9.97. The number of fused-ring (bicyclic) bond motifs is 1. The van der Waals surface area contributed by atoms with Gasteiger partial charge in [0.2, 0.25) is 0 Å². The summed E-state index contributed by atoms with van der Waals surface area (Å²) >= 11 is 7.60. The molecule has 2 aromatic carbocycles. The summed E-state index contributed by atoms with van der Waals surface area (Å²) in [5, 5.41) is 9.77. The Morgan fingerprint density at radius 3 is 2.81 bits per heavy atom. The smallest absolute Gasteiger partial charge is 0.326 e. The second-order valence-corrected chi connectivity index (χ2v) is 8.79. The lowest BCUT2D eigenvalue weighted by Gasteiger charge is -2.38. The first-order valence-electron chi connectivity index (χ1n) is 9.76. The topological polar surface area (TPSA) is 66.3 Å². The van der Waals surface area contributed by atoms with Crippen LogP contribution < -0.4 is 4.90 Å². The Morgan fingerprint density at radius 2 is 2.13 bits per heavy atom. The van der Waals surface area contributed by atoms with Gasteiger partial charge in [-0.1, -0.05) is 29.8 Å². The van der Waals surface area contributed by atoms with E-state index in [1.54, 1.807) is 40.9 Å². The van der Waals surface area contributed by atoms with Crippen molar-refractivity contribution < 1.29 is 14.3 Å². The molecule has 0 radical (unpaired) electrons. The Balaban J connectivity index is 1.49. The van der Waals surface area contributed by atoms with Gasteiger partial charge in [-0.05, 0) is 47.4 Å². The molecule has 31 heavy (non-hydrogen) atoms. The molecule has 1 N–H and O–H groups in total. The van der Waals surface area contributed by atoms with Gasteiger partial charge in [0.05, 0.1) is 15.7 Å². The van der Waals surface area contributed by atoms with Gasteiger partial charge in [0, 0.05) is 29.7 Å². The molecule has 0 saturated carbocycles. The number of nitrogens with zero attached hydrogens (tertiary/aromatic N) is 3. The minimum absolute atomic E-state index is 0.321. The molecule has 1 fully saturated rings. The van der Waals surface area contributed by atoms with E-state index in [9.17, 15) is 9.90 Å². The average molecular weight is 454 g/mol. The molecule has 3 heterocycles. The summed E-state index contributed by atoms with van der Waals surface area (Å²) in [6.45, 7) is 0.670. The number of pyridine rings is 1. The first kappa shape index (κ1) is 19.9. The van der Waals surface area contributed by atoms with E-state index in [4.69, 9.17) is 11.6 Å². The predicted molar refractivity (Wildman–Crippen MR) is 120 cm³/mol. The molecule has 1 atom stereocenters. The van der Waals surface area contributed by atoms with Crippen molar-refractivity contribution in [2.45, 2.75) is 18.9 Å². The maximum Gasteiger partial charge on any atom is 0.326 e. The van der Waals surface area contributed by atoms with Gasteiger partial charge in [-0.15, -0.1) is 11.3 Å². The number of hydrogen-bond donors (Lipinski definition) is 1. The molecule has 5 nitrogen and oxygen atoms in total. The van der Waals surface area contributed by atoms with Crippen LogP contribution in [0.25, 0.3) is 21.3 Å². The number of hydrogen-bond acceptors (Lipinski definition) is 5. The Hall–Kier alpha value is -3.03. The van der Waals surface area contributed by atoms with Crippen LogP contribution in [-0.4, -0.2) is 33.6 Å². The van der Waals surface area contributed by atoms with E-state index >= 15 is 4.39 Å². The standard InChI is InChI=1S/C23H17ClFN3O2S/c24-16-3-1-2-14(9-16)20-21(25)15(10-18-22(20)27-12-31-18)8-13-4-5-19(26-11-13)28-7-6-17(28)23(29)30/h1-5,9-12,17H,6-8H2,(H,29,30)/t17-/m0/s1. The van der Waals surface area contributed by atoms with Gasteiger partial charge < -0.3 is 10.0 Å². The summed E-state index contributed by atoms with van der Waals surface area (Å²) < 4.78 is 16.5. The Bertz CT molecular complexity index is 1290. The molecule has 0 unspecified atom stereocenters. The highest BCUT2D eigenvalue weighted by Gasteiger charge is 2.34. The van der Waals surface area contributed by atoms with Crippen molar-refractivity contribution in [2.24, 2.45) is 0 Å². The van der Waals surface area contributed by atoms with Crippen LogP contribution in [0.3, 0.4) is 0 Å². The third kappa shape index (κ3) is 3.64. The van der Waals surface area contributed by atoms with Crippen molar-refractivity contribution >= 4 is 44.9 Å². The zero-order valence-electron chi connectivity index (χ0n) is 16.3. The fourth-order valence-electron chi connectivity index (χ4n) is 3.90. The van der Waals surface area contributed by atoms with E-state index in [0.717, 1.165) is 10.3 Å². The Kier molecular flexibility index (Phi) is 5.08. The highest BCUT2D eigenvalue weighted by Crippen LogP contribution is 2.36. The van der Waals surface area contributed by atoms with E-state index in [1.807, 2.05) is 18.2 Å². The molecule has 0 spiro atoms. The fourth-order valence-corrected chi connectivity index (χ4v) is 4.84. The molecule has 0 amide bonds. The molecule has 156 valence electrons. The van der Waals surface area contributed by atoms with E-state index in [-0.39, 0.29) is 5.82 Å². The van der Waals surface area contributed by atoms with Crippen LogP contribution >= 0.6 is 22.9 Å². The van der Waals surface area contributed by atoms with Crippen LogP contribution in [-0.2, 0) is 11.2 Å². The number of rotatable bonds is 5. The first-order chi connectivity index (χ1) is 15.0. The quantitative estimate of drug-likeness (QED) is 0.438. The minimum Gasteiger partial charge on any atom is -0.480 e. The maximum absolute atomic E-state index is 15.6. The van der Waals surface area contributed by atoms with Gasteiger partial charge in [0.15, 0.2) is 0 Å². The van der Waals surface area contributed by atoms with Crippen LogP contribution in [0.5, 0.6) is 0 Å². The zero-order chi connectivity index (χ0) is 21.5. The van der Waals surface area contributed by atoms with E-state index in [2.05, 4.69) is 9.97 Å². The summed E-state index contributed by atoms with van der Waals surface area (Å²) in [4.78, 5) is 21.8. The number of thiazole rings is 1. The number of carbonyl (C=O) groups is 1. The number of halogens is 2. The molecule has 5 rings (SSSR count). The second kappa shape index (κ2) is 7.90. The summed E-state index contributed by atoms with van der Waals surface area (Å²) in [7, 11) is 0. The number of carboxylic acids is 1. The van der Waals surface area contributed by atoms with Crippen molar-refractivity contribution in [3.05, 3.63) is 76.1 Å². The number of carboxylic acid groups (broad SMARTS) is 1. The van der Waals surface area contributed by atoms with Crippen molar-refractivity contribution in [2.75, 3.05) is 11.4 Å². The second-order valence-electron chi connectivity index (χ2n) is 7.47. The molecule has 4 aromatic rings. The largest absolute Gasteiger partial charge is 0.480 e. The molecular weight excluding hydrogens is 437 g/mol. The molecular formula is C23H17ClFN3O2S. The van der Waals surface area contributed by atoms with Crippen LogP contribution in [0.1, 0.15) is 17.5 Å². The SMILES string of the molecule is O=C(O)[C@@H]1CCN1c1ccc(Cc2cc3scnc3c(-c3cccc(Cl)c3)c2F)cn1. The van der Waals surface area contributed by atoms with Crippen LogP contribution in [0.4, 0.5) is 10.2 Å². The fraction of sp³-hybridized carbons (Fsp3) is 0.174. The van der Waals surface area contributed by atoms with Gasteiger partial charge in [0.1, 0.15) is 17.7 Å². The third-order valence-electron chi connectivity index (χ3n) is 5.55. The number of aromatic nitrogens is 2. The first-order valence-corrected chi connectivity index (χ1v) is 11.0. The Labute approximate surface area is 186 Å². The van der Waals surface area contributed by atoms with Gasteiger partial charge in [0.25, 0.3) is 0 Å². The summed E-state index contributed by atoms with van der Waals surface area (Å²) in [5.41, 5.74) is 4.87. The number of aliphatic carboxylic acids is 1. The maximum atomic E-state index is 15.6. The van der Waals surface area contributed by atoms with Crippen molar-refractivity contribution in [1.82, 2.24) is 9.97 Å². The van der Waals surface area contributed by atoms with E-state index in [0.29, 0.717) is 52.4 Å². The number of benzene rings is 2. The molecule has 1 saturated heterocycles. The Morgan fingerprint density at radius 1 is 1.26 bits per heavy atom. The predicted octanol–water partition coefficient (Wildman–Crippen LogP) is 5.40. The summed E-state index contributed by atoms with van der Waals surface area (Å²) in [6.07, 6.45) is 2.66. The van der Waals surface area contributed by atoms with Crippen molar-refractivity contribution in [1.29, 1.82) is 0 Å². The highest BCUT2D eigenvalue weighted by atomic mass is 35.5. The van der Waals surface area contributed by atoms with Crippen molar-refractivity contribution in [3.8, 4) is 11.1 Å². The molecule has 2 aromatic heterocycles. The summed E-state index contributed by atoms with van der Waals surface area (Å²) in [5.74, 6) is -0.538. The molecule has 1 aliphatic heterocycles. The minimum atomic E-state index is -0.842. The zero-order valence-corrected chi connectivity index (χ0v) is 17.8. The molecule has 1 aliphatic rings. The summed E-state index contributed by atoms with van der Waals surface area (Å²) in [6, 6.07) is 12.1. The molecule has 0 bridgehead atoms. The van der Waals surface area contributed by atoms with Crippen molar-refractivity contribution in [3.63, 3.8) is 0 Å². The van der Waals surface area contributed by atoms with Gasteiger partial charge >= 0.3 is 5.97 Å². The monoisotopic (exact) mass is 453 g/mol. The van der Waals surface area contributed by atoms with Crippen LogP contribution in [0, 0.1) is 5.82 Å². The highest BCUT2D eigenvalue weighted by molar-refractivity contribution is 7.16. The number of anilines is 1. The van der Waals surface area contributed by atoms with Crippen LogP contribution in [0.2, 0.25) is 5.02 Å². The van der Waals surface area contributed by atoms with Gasteiger partial charge in [-0.3, -0.25) is 0 Å². The molecule has 8 heteroatoms. The lowest BCUT2D eigenvalue weighted by Crippen LogP contribution is -2.52. The normalized spacial score (nSPS) is 15.8.